The van der Waals surface area contributed by atoms with Crippen molar-refractivity contribution in [3.63, 3.8) is 0 Å². The number of esters is 3. The molecule has 392 valence electrons. The number of rotatable bonds is 36. The van der Waals surface area contributed by atoms with E-state index < -0.39 is 29.7 Å². The highest BCUT2D eigenvalue weighted by Crippen LogP contribution is 2.41. The number of ether oxygens (including phenoxy) is 4. The van der Waals surface area contributed by atoms with Gasteiger partial charge in [-0.05, 0) is 43.9 Å². The van der Waals surface area contributed by atoms with Crippen LogP contribution in [0.1, 0.15) is 178 Å². The van der Waals surface area contributed by atoms with Crippen molar-refractivity contribution in [2.24, 2.45) is 5.73 Å². The van der Waals surface area contributed by atoms with Crippen molar-refractivity contribution < 1.29 is 52.7 Å². The zero-order valence-electron chi connectivity index (χ0n) is 42.3. The molecule has 1 unspecified atom stereocenters. The van der Waals surface area contributed by atoms with E-state index in [2.05, 4.69) is 17.6 Å². The van der Waals surface area contributed by atoms with Crippen LogP contribution in [0.25, 0.3) is 22.3 Å². The molecular weight excluding hydrogens is 911 g/mol. The molecule has 2 amide bonds. The minimum Gasteiger partial charge on any atom is -0.462 e. The fourth-order valence-corrected chi connectivity index (χ4v) is 9.13. The van der Waals surface area contributed by atoms with Crippen LogP contribution in [0.3, 0.4) is 0 Å². The lowest BCUT2D eigenvalue weighted by Crippen LogP contribution is -2.49. The summed E-state index contributed by atoms with van der Waals surface area (Å²) in [6.07, 6.45) is 20.0. The normalized spacial score (nSPS) is 15.1. The molecule has 0 radical (unpaired) electrons. The minimum absolute atomic E-state index is 0.0217. The molecule has 1 aromatic carbocycles. The van der Waals surface area contributed by atoms with E-state index in [1.165, 1.54) is 70.6 Å². The summed E-state index contributed by atoms with van der Waals surface area (Å²) in [5, 5.41) is 6.33. The quantitative estimate of drug-likeness (QED) is 0.0127. The minimum atomic E-state index is -1.85. The largest absolute Gasteiger partial charge is 0.462 e. The summed E-state index contributed by atoms with van der Waals surface area (Å²) in [5.41, 5.74) is 6.61. The van der Waals surface area contributed by atoms with E-state index in [0.717, 1.165) is 55.0 Å². The SMILES string of the molecule is CCCCCCCCCCCCCCCCC(=O)OCC(COOCCN)OC(=O)CCCCCCCC(=O)NCCNC(=O)O[C@]1(CC)C(=O)OCc2c1cc1n(c2=O)Cc2cc3ccccc3nc2-1. The highest BCUT2D eigenvalue weighted by molar-refractivity contribution is 5.88. The molecule has 2 aliphatic rings. The van der Waals surface area contributed by atoms with Crippen LogP contribution < -0.4 is 21.9 Å². The Balaban J connectivity index is 0.915. The summed E-state index contributed by atoms with van der Waals surface area (Å²) in [5.74, 6) is -1.71. The predicted octanol–water partition coefficient (Wildman–Crippen LogP) is 8.89. The number of nitrogens with two attached hydrogens (primary N) is 1. The van der Waals surface area contributed by atoms with Crippen LogP contribution in [0.5, 0.6) is 0 Å². The Bertz CT molecular complexity index is 2230. The van der Waals surface area contributed by atoms with Gasteiger partial charge in [0.15, 0.2) is 6.10 Å². The van der Waals surface area contributed by atoms with Gasteiger partial charge in [-0.2, -0.15) is 0 Å². The van der Waals surface area contributed by atoms with Gasteiger partial charge in [0.2, 0.25) is 11.5 Å². The summed E-state index contributed by atoms with van der Waals surface area (Å²) in [6.45, 7) is 4.39. The highest BCUT2D eigenvalue weighted by atomic mass is 17.2. The predicted molar refractivity (Wildman–Crippen MR) is 269 cm³/mol. The van der Waals surface area contributed by atoms with Crippen molar-refractivity contribution in [3.05, 3.63) is 63.4 Å². The molecule has 0 fully saturated rings. The molecular formula is C54H79N5O12. The molecule has 2 atom stereocenters. The van der Waals surface area contributed by atoms with Crippen LogP contribution in [0.15, 0.2) is 41.2 Å². The fraction of sp³-hybridized carbons (Fsp3) is 0.648. The molecule has 0 spiro atoms. The van der Waals surface area contributed by atoms with Crippen LogP contribution in [0, 0.1) is 0 Å². The summed E-state index contributed by atoms with van der Waals surface area (Å²) in [7, 11) is 0. The molecule has 4 N–H and O–H groups in total. The van der Waals surface area contributed by atoms with E-state index in [9.17, 15) is 28.8 Å². The molecule has 71 heavy (non-hydrogen) atoms. The maximum absolute atomic E-state index is 13.8. The summed E-state index contributed by atoms with van der Waals surface area (Å²) < 4.78 is 23.8. The second-order valence-electron chi connectivity index (χ2n) is 18.7. The van der Waals surface area contributed by atoms with Crippen molar-refractivity contribution in [2.45, 2.75) is 186 Å². The van der Waals surface area contributed by atoms with Gasteiger partial charge in [-0.25, -0.2) is 24.3 Å². The third kappa shape index (κ3) is 18.0. The molecule has 4 heterocycles. The fourth-order valence-electron chi connectivity index (χ4n) is 9.13. The van der Waals surface area contributed by atoms with Crippen molar-refractivity contribution in [2.75, 3.05) is 39.5 Å². The summed E-state index contributed by atoms with van der Waals surface area (Å²) >= 11 is 0. The number of unbranched alkanes of at least 4 members (excludes halogenated alkanes) is 17. The number of para-hydroxylation sites is 1. The van der Waals surface area contributed by atoms with Crippen molar-refractivity contribution in [1.29, 1.82) is 0 Å². The molecule has 2 aromatic heterocycles. The second kappa shape index (κ2) is 31.2. The Morgan fingerprint density at radius 1 is 0.761 bits per heavy atom. The number of alkyl carbamates (subject to hydrolysis) is 1. The van der Waals surface area contributed by atoms with E-state index in [-0.39, 0.29) is 93.9 Å². The third-order valence-corrected chi connectivity index (χ3v) is 13.2. The number of carbonyl (C=O) groups excluding carboxylic acids is 5. The van der Waals surface area contributed by atoms with Gasteiger partial charge >= 0.3 is 24.0 Å². The Hall–Kier alpha value is -5.39. The number of amides is 2. The molecule has 0 bridgehead atoms. The Morgan fingerprint density at radius 2 is 1.38 bits per heavy atom. The molecule has 0 aliphatic carbocycles. The first-order valence-electron chi connectivity index (χ1n) is 26.5. The molecule has 0 saturated carbocycles. The Morgan fingerprint density at radius 3 is 2.04 bits per heavy atom. The number of aromatic nitrogens is 2. The van der Waals surface area contributed by atoms with Gasteiger partial charge in [0, 0.05) is 55.4 Å². The van der Waals surface area contributed by atoms with Crippen LogP contribution in [-0.4, -0.2) is 85.0 Å². The maximum Gasteiger partial charge on any atom is 0.408 e. The highest BCUT2D eigenvalue weighted by Gasteiger charge is 2.50. The van der Waals surface area contributed by atoms with Crippen molar-refractivity contribution in [3.8, 4) is 11.4 Å². The van der Waals surface area contributed by atoms with Crippen LogP contribution in [0.2, 0.25) is 0 Å². The number of hydrogen-bond acceptors (Lipinski definition) is 14. The zero-order valence-corrected chi connectivity index (χ0v) is 42.3. The molecule has 0 saturated heterocycles. The number of carbonyl (C=O) groups is 5. The van der Waals surface area contributed by atoms with Gasteiger partial charge < -0.3 is 39.9 Å². The van der Waals surface area contributed by atoms with Gasteiger partial charge in [0.05, 0.1) is 35.6 Å². The molecule has 5 rings (SSSR count). The smallest absolute Gasteiger partial charge is 0.408 e. The monoisotopic (exact) mass is 990 g/mol. The molecule has 17 nitrogen and oxygen atoms in total. The number of fused-ring (bicyclic) bond motifs is 5. The zero-order chi connectivity index (χ0) is 50.7. The number of benzene rings is 1. The van der Waals surface area contributed by atoms with Crippen LogP contribution in [-0.2, 0) is 66.7 Å². The van der Waals surface area contributed by atoms with Gasteiger partial charge in [-0.3, -0.25) is 19.2 Å². The standard InChI is InChI=1S/C54H79N5O12/c1-3-5-6-7-8-9-10-11-12-13-14-15-18-21-28-48(61)66-37-42(38-69-68-33-30-55)70-49(62)29-22-19-16-17-20-27-47(60)56-31-32-57-53(65)71-54(4-2)44-35-46-50-41(34-40-25-23-24-26-45(40)58-50)36-59(46)51(63)43(44)39-67-52(54)64/h23-26,34-35,42H,3-22,27-33,36-39,55H2,1-2H3,(H,56,60)(H,57,65)/t42?,54-/m0/s1. The van der Waals surface area contributed by atoms with Gasteiger partial charge in [-0.1, -0.05) is 135 Å². The summed E-state index contributed by atoms with van der Waals surface area (Å²) in [6, 6.07) is 11.4. The number of cyclic esters (lactones) is 1. The average molecular weight is 990 g/mol. The number of pyridine rings is 2. The number of hydrogen-bond donors (Lipinski definition) is 3. The third-order valence-electron chi connectivity index (χ3n) is 13.2. The Kier molecular flexibility index (Phi) is 24.8. The first-order chi connectivity index (χ1) is 34.6. The van der Waals surface area contributed by atoms with E-state index in [4.69, 9.17) is 39.4 Å². The lowest BCUT2D eigenvalue weighted by Gasteiger charge is -2.35. The second-order valence-corrected chi connectivity index (χ2v) is 18.7. The van der Waals surface area contributed by atoms with Gasteiger partial charge in [-0.15, -0.1) is 0 Å². The average Bonchev–Trinajstić information content (AvgIpc) is 3.73. The van der Waals surface area contributed by atoms with Gasteiger partial charge in [0.25, 0.3) is 5.56 Å². The molecule has 3 aromatic rings. The van der Waals surface area contributed by atoms with E-state index >= 15 is 0 Å². The van der Waals surface area contributed by atoms with E-state index in [1.54, 1.807) is 17.6 Å². The number of nitrogens with one attached hydrogen (secondary N) is 2. The number of nitrogens with zero attached hydrogens (tertiary/aromatic N) is 2. The Labute approximate surface area is 418 Å². The van der Waals surface area contributed by atoms with Crippen molar-refractivity contribution >= 4 is 40.8 Å². The molecule has 2 aliphatic heterocycles. The topological polar surface area (TPSA) is 226 Å². The lowest BCUT2D eigenvalue weighted by molar-refractivity contribution is -0.305. The first kappa shape index (κ1) is 56.5. The first-order valence-corrected chi connectivity index (χ1v) is 26.5. The van der Waals surface area contributed by atoms with Gasteiger partial charge in [0.1, 0.15) is 19.8 Å². The maximum atomic E-state index is 13.8. The molecule has 17 heteroatoms. The lowest BCUT2D eigenvalue weighted by atomic mass is 9.85. The summed E-state index contributed by atoms with van der Waals surface area (Å²) in [4.78, 5) is 92.9. The van der Waals surface area contributed by atoms with Crippen LogP contribution >= 0.6 is 0 Å². The van der Waals surface area contributed by atoms with Crippen LogP contribution in [0.4, 0.5) is 4.79 Å². The van der Waals surface area contributed by atoms with E-state index in [1.807, 2.05) is 30.3 Å². The van der Waals surface area contributed by atoms with E-state index in [0.29, 0.717) is 37.2 Å². The van der Waals surface area contributed by atoms with Crippen molar-refractivity contribution in [1.82, 2.24) is 20.2 Å².